The third-order valence-electron chi connectivity index (χ3n) is 2.27. The van der Waals surface area contributed by atoms with E-state index in [9.17, 15) is 0 Å². The molecule has 1 fully saturated rings. The van der Waals surface area contributed by atoms with Crippen LogP contribution in [0.5, 0.6) is 0 Å². The van der Waals surface area contributed by atoms with Crippen molar-refractivity contribution < 1.29 is 0 Å². The molecule has 3 nitrogen and oxygen atoms in total. The predicted molar refractivity (Wildman–Crippen MR) is 69.3 cm³/mol. The fraction of sp³-hybridized carbons (Fsp3) is 0.556. The predicted octanol–water partition coefficient (Wildman–Crippen LogP) is 2.45. The van der Waals surface area contributed by atoms with Crippen LogP contribution in [0.1, 0.15) is 0 Å². The van der Waals surface area contributed by atoms with Crippen molar-refractivity contribution in [2.24, 2.45) is 0 Å². The number of aromatic nitrogens is 2. The molecule has 0 spiro atoms. The van der Waals surface area contributed by atoms with Gasteiger partial charge in [0.1, 0.15) is 0 Å². The second kappa shape index (κ2) is 5.37. The Bertz CT molecular complexity index is 322. The third-order valence-corrected chi connectivity index (χ3v) is 4.30. The summed E-state index contributed by atoms with van der Waals surface area (Å²) in [5.41, 5.74) is 0. The lowest BCUT2D eigenvalue weighted by Crippen LogP contribution is -2.44. The first-order valence-corrected chi connectivity index (χ1v) is 7.34. The maximum absolute atomic E-state index is 5.76. The molecule has 1 aromatic rings. The van der Waals surface area contributed by atoms with E-state index in [1.54, 1.807) is 12.4 Å². The van der Waals surface area contributed by atoms with E-state index >= 15 is 0 Å². The van der Waals surface area contributed by atoms with Crippen molar-refractivity contribution in [1.29, 1.82) is 0 Å². The van der Waals surface area contributed by atoms with Crippen molar-refractivity contribution in [1.82, 2.24) is 9.97 Å². The molecule has 0 bridgehead atoms. The molecule has 2 rings (SSSR count). The van der Waals surface area contributed by atoms with Gasteiger partial charge in [-0.1, -0.05) is 27.5 Å². The Labute approximate surface area is 107 Å². The quantitative estimate of drug-likeness (QED) is 0.785. The van der Waals surface area contributed by atoms with Gasteiger partial charge in [-0.2, -0.15) is 11.8 Å². The van der Waals surface area contributed by atoms with Crippen LogP contribution in [0, 0.1) is 0 Å². The standard InChI is InChI=1S/C9H11BrClN3S/c10-3-8-6-15-2-1-14(8)9-12-4-7(11)5-13-9/h4-5,8H,1-3,6H2. The molecule has 2 heterocycles. The second-order valence-electron chi connectivity index (χ2n) is 3.28. The summed E-state index contributed by atoms with van der Waals surface area (Å²) in [6.45, 7) is 1.00. The first kappa shape index (κ1) is 11.5. The van der Waals surface area contributed by atoms with Crippen LogP contribution in [0.25, 0.3) is 0 Å². The van der Waals surface area contributed by atoms with Gasteiger partial charge in [0.05, 0.1) is 23.5 Å². The number of rotatable bonds is 2. The van der Waals surface area contributed by atoms with E-state index in [4.69, 9.17) is 11.6 Å². The van der Waals surface area contributed by atoms with Gasteiger partial charge in [0.25, 0.3) is 0 Å². The van der Waals surface area contributed by atoms with E-state index < -0.39 is 0 Å². The van der Waals surface area contributed by atoms with Crippen molar-refractivity contribution in [3.05, 3.63) is 17.4 Å². The van der Waals surface area contributed by atoms with Gasteiger partial charge in [-0.3, -0.25) is 0 Å². The Morgan fingerprint density at radius 3 is 2.93 bits per heavy atom. The van der Waals surface area contributed by atoms with Gasteiger partial charge in [-0.05, 0) is 0 Å². The van der Waals surface area contributed by atoms with E-state index in [2.05, 4.69) is 30.8 Å². The van der Waals surface area contributed by atoms with Crippen molar-refractivity contribution in [3.8, 4) is 0 Å². The van der Waals surface area contributed by atoms with Gasteiger partial charge in [0.2, 0.25) is 5.95 Å². The van der Waals surface area contributed by atoms with Crippen LogP contribution in [-0.2, 0) is 0 Å². The molecule has 1 atom stereocenters. The lowest BCUT2D eigenvalue weighted by atomic mass is 10.3. The van der Waals surface area contributed by atoms with Crippen LogP contribution < -0.4 is 4.90 Å². The molecular formula is C9H11BrClN3S. The summed E-state index contributed by atoms with van der Waals surface area (Å²) < 4.78 is 0. The largest absolute Gasteiger partial charge is 0.335 e. The summed E-state index contributed by atoms with van der Waals surface area (Å²) in [4.78, 5) is 10.7. The smallest absolute Gasteiger partial charge is 0.225 e. The van der Waals surface area contributed by atoms with Crippen LogP contribution in [0.4, 0.5) is 5.95 Å². The maximum Gasteiger partial charge on any atom is 0.225 e. The molecule has 1 unspecified atom stereocenters. The van der Waals surface area contributed by atoms with E-state index in [1.807, 2.05) is 11.8 Å². The summed E-state index contributed by atoms with van der Waals surface area (Å²) in [7, 11) is 0. The number of alkyl halides is 1. The molecule has 1 saturated heterocycles. The summed E-state index contributed by atoms with van der Waals surface area (Å²) in [6.07, 6.45) is 3.30. The van der Waals surface area contributed by atoms with Crippen LogP contribution in [0.3, 0.4) is 0 Å². The van der Waals surface area contributed by atoms with Gasteiger partial charge in [-0.15, -0.1) is 0 Å². The zero-order valence-electron chi connectivity index (χ0n) is 8.07. The molecule has 0 saturated carbocycles. The van der Waals surface area contributed by atoms with Gasteiger partial charge in [-0.25, -0.2) is 9.97 Å². The fourth-order valence-electron chi connectivity index (χ4n) is 1.50. The Morgan fingerprint density at radius 2 is 2.27 bits per heavy atom. The average molecular weight is 309 g/mol. The minimum Gasteiger partial charge on any atom is -0.335 e. The lowest BCUT2D eigenvalue weighted by Gasteiger charge is -2.34. The molecular weight excluding hydrogens is 298 g/mol. The number of nitrogens with zero attached hydrogens (tertiary/aromatic N) is 3. The number of halogens is 2. The molecule has 1 aliphatic heterocycles. The Balaban J connectivity index is 2.16. The first-order valence-electron chi connectivity index (χ1n) is 4.69. The Kier molecular flexibility index (Phi) is 4.11. The molecule has 0 aliphatic carbocycles. The Morgan fingerprint density at radius 1 is 1.53 bits per heavy atom. The zero-order chi connectivity index (χ0) is 10.7. The van der Waals surface area contributed by atoms with Gasteiger partial charge >= 0.3 is 0 Å². The van der Waals surface area contributed by atoms with Gasteiger partial charge in [0, 0.05) is 23.4 Å². The molecule has 82 valence electrons. The summed E-state index contributed by atoms with van der Waals surface area (Å²) in [5, 5.41) is 1.53. The van der Waals surface area contributed by atoms with E-state index in [0.717, 1.165) is 29.3 Å². The summed E-state index contributed by atoms with van der Waals surface area (Å²) in [6, 6.07) is 0.477. The highest BCUT2D eigenvalue weighted by atomic mass is 79.9. The van der Waals surface area contributed by atoms with Crippen molar-refractivity contribution in [2.45, 2.75) is 6.04 Å². The van der Waals surface area contributed by atoms with Crippen LogP contribution in [-0.4, -0.2) is 39.4 Å². The average Bonchev–Trinajstić information content (AvgIpc) is 2.30. The monoisotopic (exact) mass is 307 g/mol. The number of anilines is 1. The molecule has 6 heteroatoms. The Hall–Kier alpha value is -0.0000000000000000555. The van der Waals surface area contributed by atoms with E-state index in [-0.39, 0.29) is 0 Å². The van der Waals surface area contributed by atoms with E-state index in [1.165, 1.54) is 0 Å². The van der Waals surface area contributed by atoms with Crippen LogP contribution in [0.15, 0.2) is 12.4 Å². The number of hydrogen-bond acceptors (Lipinski definition) is 4. The maximum atomic E-state index is 5.76. The third kappa shape index (κ3) is 2.77. The summed E-state index contributed by atoms with van der Waals surface area (Å²) >= 11 is 11.3. The van der Waals surface area contributed by atoms with Crippen molar-refractivity contribution in [3.63, 3.8) is 0 Å². The second-order valence-corrected chi connectivity index (χ2v) is 5.51. The first-order chi connectivity index (χ1) is 7.31. The molecule has 1 aromatic heterocycles. The number of hydrogen-bond donors (Lipinski definition) is 0. The molecule has 0 aromatic carbocycles. The highest BCUT2D eigenvalue weighted by Gasteiger charge is 2.23. The SMILES string of the molecule is Clc1cnc(N2CCSCC2CBr)nc1. The molecule has 0 N–H and O–H groups in total. The topological polar surface area (TPSA) is 29.0 Å². The van der Waals surface area contributed by atoms with Crippen LogP contribution >= 0.6 is 39.3 Å². The highest BCUT2D eigenvalue weighted by Crippen LogP contribution is 2.22. The molecule has 1 aliphatic rings. The highest BCUT2D eigenvalue weighted by molar-refractivity contribution is 9.09. The van der Waals surface area contributed by atoms with Gasteiger partial charge < -0.3 is 4.90 Å². The zero-order valence-corrected chi connectivity index (χ0v) is 11.2. The van der Waals surface area contributed by atoms with Gasteiger partial charge in [0.15, 0.2) is 0 Å². The molecule has 0 radical (unpaired) electrons. The van der Waals surface area contributed by atoms with E-state index in [0.29, 0.717) is 11.1 Å². The minimum atomic E-state index is 0.477. The molecule has 0 amide bonds. The molecule has 15 heavy (non-hydrogen) atoms. The van der Waals surface area contributed by atoms with Crippen molar-refractivity contribution in [2.75, 3.05) is 28.3 Å². The lowest BCUT2D eigenvalue weighted by molar-refractivity contribution is 0.688. The van der Waals surface area contributed by atoms with Crippen molar-refractivity contribution >= 4 is 45.2 Å². The fourth-order valence-corrected chi connectivity index (χ4v) is 3.54. The minimum absolute atomic E-state index is 0.477. The van der Waals surface area contributed by atoms with Crippen LogP contribution in [0.2, 0.25) is 5.02 Å². The number of thioether (sulfide) groups is 1. The summed E-state index contributed by atoms with van der Waals surface area (Å²) in [5.74, 6) is 3.04. The normalized spacial score (nSPS) is 21.7.